The molecule has 0 spiro atoms. The first-order chi connectivity index (χ1) is 30.9. The Kier molecular flexibility index (Phi) is 22.4. The molecule has 4 fully saturated rings. The quantitative estimate of drug-likeness (QED) is 0.0588. The van der Waals surface area contributed by atoms with Crippen LogP contribution in [0.15, 0.2) is 6.20 Å². The lowest BCUT2D eigenvalue weighted by Gasteiger charge is -2.48. The van der Waals surface area contributed by atoms with Crippen LogP contribution in [0.3, 0.4) is 0 Å². The zero-order chi connectivity index (χ0) is 46.0. The number of aliphatic hydroxyl groups excluding tert-OH is 5. The first-order valence-corrected chi connectivity index (χ1v) is 23.3. The molecule has 368 valence electrons. The van der Waals surface area contributed by atoms with Crippen molar-refractivity contribution in [3.63, 3.8) is 0 Å². The molecule has 21 nitrogen and oxygen atoms in total. The molecule has 5 rings (SSSR count). The van der Waals surface area contributed by atoms with Crippen LogP contribution < -0.4 is 10.6 Å². The minimum Gasteiger partial charge on any atom is -0.394 e. The lowest BCUT2D eigenvalue weighted by Crippen LogP contribution is -2.67. The Morgan fingerprint density at radius 2 is 1.52 bits per heavy atom. The van der Waals surface area contributed by atoms with Crippen LogP contribution in [0, 0.1) is 11.8 Å². The van der Waals surface area contributed by atoms with Gasteiger partial charge in [0.25, 0.3) is 0 Å². The fourth-order valence-corrected chi connectivity index (χ4v) is 8.82. The monoisotopic (exact) mass is 918 g/mol. The summed E-state index contributed by atoms with van der Waals surface area (Å²) in [6.07, 6.45) is -5.37. The highest BCUT2D eigenvalue weighted by atomic mass is 16.7. The van der Waals surface area contributed by atoms with Gasteiger partial charge in [-0.3, -0.25) is 9.59 Å². The second-order valence-corrected chi connectivity index (χ2v) is 17.3. The Bertz CT molecular complexity index is 1490. The Labute approximate surface area is 376 Å². The zero-order valence-corrected chi connectivity index (χ0v) is 37.9. The molecule has 2 aliphatic carbocycles. The average molecular weight is 918 g/mol. The Hall–Kier alpha value is -2.48. The maximum absolute atomic E-state index is 14.0. The van der Waals surface area contributed by atoms with Crippen LogP contribution in [-0.4, -0.2) is 191 Å². The fraction of sp³-hybridized carbons (Fsp3) is 0.907. The van der Waals surface area contributed by atoms with Crippen molar-refractivity contribution in [3.8, 4) is 0 Å². The molecule has 14 atom stereocenters. The predicted molar refractivity (Wildman–Crippen MR) is 225 cm³/mol. The van der Waals surface area contributed by atoms with E-state index in [2.05, 4.69) is 20.9 Å². The number of nitrogens with one attached hydrogen (secondary N) is 2. The summed E-state index contributed by atoms with van der Waals surface area (Å²) in [6.45, 7) is 9.99. The van der Waals surface area contributed by atoms with Crippen molar-refractivity contribution < 1.29 is 77.8 Å². The number of carbonyl (C=O) groups excluding carboxylic acids is 2. The summed E-state index contributed by atoms with van der Waals surface area (Å²) in [5.41, 5.74) is 0.477. The first-order valence-electron chi connectivity index (χ1n) is 23.3. The molecule has 2 amide bonds. The minimum absolute atomic E-state index is 0.125. The van der Waals surface area contributed by atoms with E-state index in [9.17, 15) is 35.1 Å². The molecule has 0 aromatic carbocycles. The Balaban J connectivity index is 1.30. The van der Waals surface area contributed by atoms with E-state index in [0.29, 0.717) is 71.3 Å². The molecule has 64 heavy (non-hydrogen) atoms. The van der Waals surface area contributed by atoms with Gasteiger partial charge >= 0.3 is 0 Å². The Morgan fingerprint density at radius 3 is 2.20 bits per heavy atom. The van der Waals surface area contributed by atoms with Crippen molar-refractivity contribution in [2.45, 2.75) is 178 Å². The van der Waals surface area contributed by atoms with E-state index < -0.39 is 92.2 Å². The van der Waals surface area contributed by atoms with Gasteiger partial charge in [0.1, 0.15) is 61.0 Å². The van der Waals surface area contributed by atoms with Crippen molar-refractivity contribution in [1.29, 1.82) is 0 Å². The van der Waals surface area contributed by atoms with Crippen molar-refractivity contribution in [2.24, 2.45) is 11.8 Å². The maximum atomic E-state index is 14.0. The van der Waals surface area contributed by atoms with Crippen molar-refractivity contribution >= 4 is 11.8 Å². The van der Waals surface area contributed by atoms with E-state index in [0.717, 1.165) is 44.9 Å². The van der Waals surface area contributed by atoms with E-state index in [4.69, 9.17) is 42.6 Å². The highest BCUT2D eigenvalue weighted by Crippen LogP contribution is 2.36. The lowest BCUT2D eigenvalue weighted by atomic mass is 9.85. The van der Waals surface area contributed by atoms with Crippen molar-refractivity contribution in [2.75, 3.05) is 59.4 Å². The normalized spacial score (nSPS) is 33.2. The molecule has 2 saturated heterocycles. The second kappa shape index (κ2) is 27.4. The second-order valence-electron chi connectivity index (χ2n) is 17.3. The lowest BCUT2D eigenvalue weighted by molar-refractivity contribution is -0.336. The summed E-state index contributed by atoms with van der Waals surface area (Å²) in [7, 11) is 0. The number of hydrogen-bond acceptors (Lipinski definition) is 18. The number of ether oxygens (including phenoxy) is 9. The molecule has 1 aromatic rings. The van der Waals surface area contributed by atoms with Gasteiger partial charge in [-0.2, -0.15) is 0 Å². The van der Waals surface area contributed by atoms with Gasteiger partial charge in [-0.05, 0) is 51.9 Å². The highest BCUT2D eigenvalue weighted by molar-refractivity contribution is 5.80. The number of nitrogens with zero attached hydrogens (tertiary/aromatic N) is 3. The van der Waals surface area contributed by atoms with E-state index in [-0.39, 0.29) is 30.9 Å². The highest BCUT2D eigenvalue weighted by Gasteiger charge is 2.51. The van der Waals surface area contributed by atoms with Gasteiger partial charge in [0, 0.05) is 13.2 Å². The van der Waals surface area contributed by atoms with Gasteiger partial charge in [0.2, 0.25) is 11.8 Å². The number of hydrogen-bond donors (Lipinski definition) is 7. The maximum Gasteiger partial charge on any atom is 0.249 e. The van der Waals surface area contributed by atoms with Crippen LogP contribution in [-0.2, 0) is 65.4 Å². The van der Waals surface area contributed by atoms with Crippen LogP contribution >= 0.6 is 0 Å². The third-order valence-corrected chi connectivity index (χ3v) is 12.4. The molecule has 2 aliphatic heterocycles. The van der Waals surface area contributed by atoms with E-state index in [1.54, 1.807) is 20.0 Å². The zero-order valence-electron chi connectivity index (χ0n) is 37.9. The number of amides is 2. The van der Waals surface area contributed by atoms with E-state index >= 15 is 0 Å². The predicted octanol–water partition coefficient (Wildman–Crippen LogP) is -0.294. The van der Waals surface area contributed by atoms with E-state index in [1.807, 2.05) is 13.8 Å². The summed E-state index contributed by atoms with van der Waals surface area (Å²) < 4.78 is 54.9. The molecule has 21 heteroatoms. The molecule has 0 radical (unpaired) electrons. The number of aliphatic hydroxyl groups is 5. The number of likely N-dealkylation sites (N-methyl/N-ethyl adjacent to an activating group) is 1. The van der Waals surface area contributed by atoms with Crippen molar-refractivity contribution in [1.82, 2.24) is 25.6 Å². The third kappa shape index (κ3) is 15.5. The largest absolute Gasteiger partial charge is 0.394 e. The number of aromatic nitrogens is 3. The summed E-state index contributed by atoms with van der Waals surface area (Å²) in [5.74, 6) is -0.847. The number of carbonyl (C=O) groups is 2. The van der Waals surface area contributed by atoms with Crippen LogP contribution in [0.5, 0.6) is 0 Å². The molecule has 7 N–H and O–H groups in total. The Morgan fingerprint density at radius 1 is 0.812 bits per heavy atom. The van der Waals surface area contributed by atoms with Gasteiger partial charge in [-0.15, -0.1) is 5.10 Å². The molecule has 3 heterocycles. The van der Waals surface area contributed by atoms with Gasteiger partial charge in [-0.1, -0.05) is 50.7 Å². The standard InChI is InChI=1S/C43H75N5O16/c1-5-44-41(55)31(21-28-12-8-7-9-13-28)61-40-34(45-33(50)23-48-22-29(46-47-48)25-59-20-19-58-18-17-57-16-15-56-6-2)42(63-32(24-49)36(40)52)62-30-14-10-11-26(3)39(30)64-43-38(54)37(53)35(51)27(4)60-43/h22,26-28,30-32,34-40,42-43,49,51-54H,5-21,23-25H2,1-4H3,(H,44,55)(H,45,50)/t26-,27?,30-,31+,32?,34?,35?,36+,37+,38+,39?,40?,42-,43+/m1/s1. The van der Waals surface area contributed by atoms with Gasteiger partial charge in [0.15, 0.2) is 12.6 Å². The minimum atomic E-state index is -1.55. The van der Waals surface area contributed by atoms with Gasteiger partial charge in [0.05, 0.1) is 77.4 Å². The molecular formula is C43H75N5O16. The first kappa shape index (κ1) is 52.5. The van der Waals surface area contributed by atoms with Crippen LogP contribution in [0.25, 0.3) is 0 Å². The summed E-state index contributed by atoms with van der Waals surface area (Å²) in [6, 6.07) is -1.22. The van der Waals surface area contributed by atoms with Crippen LogP contribution in [0.2, 0.25) is 0 Å². The summed E-state index contributed by atoms with van der Waals surface area (Å²) >= 11 is 0. The van der Waals surface area contributed by atoms with Crippen LogP contribution in [0.1, 0.15) is 91.2 Å². The molecular weight excluding hydrogens is 842 g/mol. The van der Waals surface area contributed by atoms with E-state index in [1.165, 1.54) is 4.68 Å². The average Bonchev–Trinajstić information content (AvgIpc) is 3.73. The number of rotatable bonds is 26. The summed E-state index contributed by atoms with van der Waals surface area (Å²) in [4.78, 5) is 27.6. The topological polar surface area (TPSA) is 273 Å². The molecule has 1 aromatic heterocycles. The van der Waals surface area contributed by atoms with Gasteiger partial charge < -0.3 is 78.8 Å². The smallest absolute Gasteiger partial charge is 0.249 e. The van der Waals surface area contributed by atoms with Crippen LogP contribution in [0.4, 0.5) is 0 Å². The SMILES string of the molecule is CCNC(=O)[C@H](CC1CCCCC1)OC1C(NC(=O)Cn2cc(COCCOCCOCCOCC)nn2)[C@H](O[C@@H]2CCC[C@@H](C)C2O[C@@H]2OC(C)C(O)[C@H](O)[C@@H]2O)OC(CO)[C@@H]1O. The fourth-order valence-electron chi connectivity index (χ4n) is 8.82. The third-order valence-electron chi connectivity index (χ3n) is 12.4. The van der Waals surface area contributed by atoms with Gasteiger partial charge in [-0.25, -0.2) is 4.68 Å². The molecule has 4 aliphatic rings. The molecule has 2 saturated carbocycles. The molecule has 6 unspecified atom stereocenters. The summed E-state index contributed by atoms with van der Waals surface area (Å²) in [5, 5.41) is 68.0. The van der Waals surface area contributed by atoms with Crippen molar-refractivity contribution in [3.05, 3.63) is 11.9 Å². The molecule has 0 bridgehead atoms.